The second kappa shape index (κ2) is 8.12. The number of anilines is 1. The van der Waals surface area contributed by atoms with Crippen LogP contribution in [0.15, 0.2) is 53.1 Å². The normalized spacial score (nSPS) is 11.0. The highest BCUT2D eigenvalue weighted by Gasteiger charge is 2.16. The van der Waals surface area contributed by atoms with E-state index in [1.165, 1.54) is 16.5 Å². The molecule has 0 spiro atoms. The monoisotopic (exact) mass is 367 g/mol. The fraction of sp³-hybridized carbons (Fsp3) is 0.286. The molecule has 6 heteroatoms. The van der Waals surface area contributed by atoms with Gasteiger partial charge in [0.05, 0.1) is 5.69 Å². The van der Waals surface area contributed by atoms with Gasteiger partial charge in [-0.3, -0.25) is 4.79 Å². The van der Waals surface area contributed by atoms with Crippen LogP contribution in [0.4, 0.5) is 10.1 Å². The van der Waals surface area contributed by atoms with E-state index < -0.39 is 5.82 Å². The number of carbonyl (C=O) groups is 1. The van der Waals surface area contributed by atoms with Crippen LogP contribution < -0.4 is 4.90 Å². The summed E-state index contributed by atoms with van der Waals surface area (Å²) in [5.74, 6) is 0.681. The zero-order valence-electron chi connectivity index (χ0n) is 15.6. The van der Waals surface area contributed by atoms with Crippen molar-refractivity contribution in [2.45, 2.75) is 32.6 Å². The van der Waals surface area contributed by atoms with E-state index in [9.17, 15) is 9.18 Å². The molecule has 1 amide bonds. The molecule has 3 rings (SSSR count). The van der Waals surface area contributed by atoms with Gasteiger partial charge in [-0.2, -0.15) is 4.98 Å². The third-order valence-electron chi connectivity index (χ3n) is 4.44. The minimum Gasteiger partial charge on any atom is -0.339 e. The van der Waals surface area contributed by atoms with Crippen LogP contribution in [0.3, 0.4) is 0 Å². The van der Waals surface area contributed by atoms with Crippen molar-refractivity contribution in [3.8, 4) is 11.4 Å². The first-order valence-corrected chi connectivity index (χ1v) is 8.89. The number of aromatic nitrogens is 2. The first-order valence-electron chi connectivity index (χ1n) is 8.89. The number of amides is 1. The highest BCUT2D eigenvalue weighted by molar-refractivity contribution is 5.92. The standard InChI is InChI=1S/C21H22FN3O2/c1-14(2)15-8-10-16(11-9-15)21-23-19(27-24-21)12-13-20(26)25(3)18-7-5-4-6-17(18)22/h4-11,14H,12-13H2,1-3H3. The second-order valence-corrected chi connectivity index (χ2v) is 6.69. The molecule has 27 heavy (non-hydrogen) atoms. The Balaban J connectivity index is 1.62. The predicted molar refractivity (Wildman–Crippen MR) is 102 cm³/mol. The van der Waals surface area contributed by atoms with Crippen molar-refractivity contribution in [2.75, 3.05) is 11.9 Å². The van der Waals surface area contributed by atoms with Crippen molar-refractivity contribution in [2.24, 2.45) is 0 Å². The molecule has 0 saturated carbocycles. The third-order valence-corrected chi connectivity index (χ3v) is 4.44. The molecule has 0 aliphatic heterocycles. The Labute approximate surface area is 157 Å². The van der Waals surface area contributed by atoms with E-state index in [2.05, 4.69) is 24.0 Å². The van der Waals surface area contributed by atoms with Crippen LogP contribution in [-0.2, 0) is 11.2 Å². The molecule has 5 nitrogen and oxygen atoms in total. The third kappa shape index (κ3) is 4.39. The zero-order chi connectivity index (χ0) is 19.4. The lowest BCUT2D eigenvalue weighted by atomic mass is 10.0. The summed E-state index contributed by atoms with van der Waals surface area (Å²) in [6.45, 7) is 4.27. The van der Waals surface area contributed by atoms with Gasteiger partial charge < -0.3 is 9.42 Å². The van der Waals surface area contributed by atoms with Crippen molar-refractivity contribution in [3.63, 3.8) is 0 Å². The Kier molecular flexibility index (Phi) is 5.64. The van der Waals surface area contributed by atoms with Gasteiger partial charge in [-0.05, 0) is 23.6 Å². The number of para-hydroxylation sites is 1. The van der Waals surface area contributed by atoms with Crippen molar-refractivity contribution in [1.82, 2.24) is 10.1 Å². The first kappa shape index (κ1) is 18.8. The number of rotatable bonds is 6. The number of hydrogen-bond donors (Lipinski definition) is 0. The quantitative estimate of drug-likeness (QED) is 0.639. The molecule has 0 aliphatic rings. The molecule has 0 atom stereocenters. The minimum absolute atomic E-state index is 0.152. The maximum absolute atomic E-state index is 13.8. The van der Waals surface area contributed by atoms with E-state index >= 15 is 0 Å². The fourth-order valence-electron chi connectivity index (χ4n) is 2.73. The largest absolute Gasteiger partial charge is 0.339 e. The van der Waals surface area contributed by atoms with Crippen LogP contribution in [0.5, 0.6) is 0 Å². The lowest BCUT2D eigenvalue weighted by Gasteiger charge is -2.17. The number of halogens is 1. The van der Waals surface area contributed by atoms with Gasteiger partial charge in [0.2, 0.25) is 17.6 Å². The summed E-state index contributed by atoms with van der Waals surface area (Å²) in [5.41, 5.74) is 2.35. The lowest BCUT2D eigenvalue weighted by Crippen LogP contribution is -2.27. The van der Waals surface area contributed by atoms with Crippen molar-refractivity contribution >= 4 is 11.6 Å². The zero-order valence-corrected chi connectivity index (χ0v) is 15.6. The molecule has 0 fully saturated rings. The molecular weight excluding hydrogens is 345 g/mol. The van der Waals surface area contributed by atoms with E-state index in [4.69, 9.17) is 4.52 Å². The molecule has 0 saturated heterocycles. The summed E-state index contributed by atoms with van der Waals surface area (Å²) in [6.07, 6.45) is 0.452. The van der Waals surface area contributed by atoms with Gasteiger partial charge in [-0.15, -0.1) is 0 Å². The van der Waals surface area contributed by atoms with Crippen LogP contribution in [0, 0.1) is 5.82 Å². The molecule has 0 N–H and O–H groups in total. The Hall–Kier alpha value is -3.02. The van der Waals surface area contributed by atoms with Crippen LogP contribution in [-0.4, -0.2) is 23.1 Å². The molecule has 2 aromatic carbocycles. The van der Waals surface area contributed by atoms with E-state index in [0.29, 0.717) is 24.1 Å². The van der Waals surface area contributed by atoms with Crippen LogP contribution in [0.2, 0.25) is 0 Å². The fourth-order valence-corrected chi connectivity index (χ4v) is 2.73. The topological polar surface area (TPSA) is 59.2 Å². The van der Waals surface area contributed by atoms with E-state index in [1.807, 2.05) is 24.3 Å². The summed E-state index contributed by atoms with van der Waals surface area (Å²) in [5, 5.41) is 3.99. The molecule has 1 heterocycles. The van der Waals surface area contributed by atoms with Gasteiger partial charge in [-0.1, -0.05) is 55.4 Å². The van der Waals surface area contributed by atoms with Crippen molar-refractivity contribution in [1.29, 1.82) is 0 Å². The highest BCUT2D eigenvalue weighted by Crippen LogP contribution is 2.21. The van der Waals surface area contributed by atoms with Gasteiger partial charge in [-0.25, -0.2) is 4.39 Å². The summed E-state index contributed by atoms with van der Waals surface area (Å²) in [6, 6.07) is 14.2. The second-order valence-electron chi connectivity index (χ2n) is 6.69. The smallest absolute Gasteiger partial charge is 0.227 e. The lowest BCUT2D eigenvalue weighted by molar-refractivity contribution is -0.118. The molecule has 0 bridgehead atoms. The van der Waals surface area contributed by atoms with E-state index in [1.54, 1.807) is 25.2 Å². The Morgan fingerprint density at radius 3 is 2.52 bits per heavy atom. The molecule has 0 aliphatic carbocycles. The van der Waals surface area contributed by atoms with E-state index in [0.717, 1.165) is 5.56 Å². The Bertz CT molecular complexity index is 919. The van der Waals surface area contributed by atoms with Crippen LogP contribution in [0.1, 0.15) is 37.6 Å². The van der Waals surface area contributed by atoms with Gasteiger partial charge in [0.1, 0.15) is 5.82 Å². The number of hydrogen-bond acceptors (Lipinski definition) is 4. The van der Waals surface area contributed by atoms with Gasteiger partial charge in [0.15, 0.2) is 0 Å². The van der Waals surface area contributed by atoms with E-state index in [-0.39, 0.29) is 18.0 Å². The van der Waals surface area contributed by atoms with Crippen LogP contribution >= 0.6 is 0 Å². The van der Waals surface area contributed by atoms with Crippen molar-refractivity contribution in [3.05, 3.63) is 65.8 Å². The average Bonchev–Trinajstić information content (AvgIpc) is 3.15. The predicted octanol–water partition coefficient (Wildman–Crippen LogP) is 4.59. The number of nitrogens with zero attached hydrogens (tertiary/aromatic N) is 3. The van der Waals surface area contributed by atoms with Gasteiger partial charge in [0, 0.05) is 25.5 Å². The summed E-state index contributed by atoms with van der Waals surface area (Å²) < 4.78 is 19.0. The molecule has 0 radical (unpaired) electrons. The number of carbonyl (C=O) groups excluding carboxylic acids is 1. The average molecular weight is 367 g/mol. The maximum Gasteiger partial charge on any atom is 0.227 e. The highest BCUT2D eigenvalue weighted by atomic mass is 19.1. The van der Waals surface area contributed by atoms with Gasteiger partial charge in [0.25, 0.3) is 0 Å². The Morgan fingerprint density at radius 1 is 1.15 bits per heavy atom. The molecular formula is C21H22FN3O2. The molecule has 140 valence electrons. The minimum atomic E-state index is -0.432. The first-order chi connectivity index (χ1) is 13.0. The van der Waals surface area contributed by atoms with Crippen LogP contribution in [0.25, 0.3) is 11.4 Å². The molecule has 1 aromatic heterocycles. The number of benzene rings is 2. The Morgan fingerprint density at radius 2 is 1.85 bits per heavy atom. The summed E-state index contributed by atoms with van der Waals surface area (Å²) in [7, 11) is 1.55. The maximum atomic E-state index is 13.8. The van der Waals surface area contributed by atoms with Crippen molar-refractivity contribution < 1.29 is 13.7 Å². The molecule has 3 aromatic rings. The number of aryl methyl sites for hydroxylation is 1. The summed E-state index contributed by atoms with van der Waals surface area (Å²) in [4.78, 5) is 18.0. The SMILES string of the molecule is CC(C)c1ccc(-c2noc(CCC(=O)N(C)c3ccccc3F)n2)cc1. The molecule has 0 unspecified atom stereocenters. The summed E-state index contributed by atoms with van der Waals surface area (Å²) >= 11 is 0. The van der Waals surface area contributed by atoms with Gasteiger partial charge >= 0.3 is 0 Å².